The molecule has 0 fully saturated rings. The molecule has 1 heterocycles. The number of benzene rings is 1. The SMILES string of the molecule is COc1ccnc(CC(=O)O)c1-c1ccccc1. The van der Waals surface area contributed by atoms with Gasteiger partial charge in [0.05, 0.1) is 19.2 Å². The molecule has 1 N–H and O–H groups in total. The van der Waals surface area contributed by atoms with Gasteiger partial charge < -0.3 is 9.84 Å². The fraction of sp³-hybridized carbons (Fsp3) is 0.143. The minimum absolute atomic E-state index is 0.124. The van der Waals surface area contributed by atoms with Crippen molar-refractivity contribution in [3.63, 3.8) is 0 Å². The van der Waals surface area contributed by atoms with Gasteiger partial charge in [-0.05, 0) is 11.6 Å². The minimum Gasteiger partial charge on any atom is -0.496 e. The van der Waals surface area contributed by atoms with Crippen molar-refractivity contribution in [1.82, 2.24) is 4.98 Å². The molecule has 0 saturated heterocycles. The number of methoxy groups -OCH3 is 1. The van der Waals surface area contributed by atoms with Gasteiger partial charge in [-0.2, -0.15) is 0 Å². The van der Waals surface area contributed by atoms with E-state index >= 15 is 0 Å². The van der Waals surface area contributed by atoms with Crippen LogP contribution >= 0.6 is 0 Å². The number of carbonyl (C=O) groups is 1. The van der Waals surface area contributed by atoms with Crippen LogP contribution in [0.25, 0.3) is 11.1 Å². The second kappa shape index (κ2) is 5.31. The molecule has 0 aliphatic carbocycles. The number of aromatic nitrogens is 1. The highest BCUT2D eigenvalue weighted by molar-refractivity contribution is 5.78. The van der Waals surface area contributed by atoms with Crippen LogP contribution in [0.15, 0.2) is 42.6 Å². The predicted molar refractivity (Wildman–Crippen MR) is 67.6 cm³/mol. The molecule has 0 radical (unpaired) electrons. The summed E-state index contributed by atoms with van der Waals surface area (Å²) in [5, 5.41) is 8.92. The van der Waals surface area contributed by atoms with E-state index in [0.29, 0.717) is 11.4 Å². The summed E-state index contributed by atoms with van der Waals surface area (Å²) in [6, 6.07) is 11.2. The largest absolute Gasteiger partial charge is 0.496 e. The maximum absolute atomic E-state index is 10.9. The molecule has 1 aromatic heterocycles. The molecule has 18 heavy (non-hydrogen) atoms. The van der Waals surface area contributed by atoms with Crippen LogP contribution in [-0.2, 0) is 11.2 Å². The highest BCUT2D eigenvalue weighted by atomic mass is 16.5. The Balaban J connectivity index is 2.58. The van der Waals surface area contributed by atoms with Gasteiger partial charge in [0, 0.05) is 11.8 Å². The van der Waals surface area contributed by atoms with Crippen LogP contribution in [0.3, 0.4) is 0 Å². The zero-order valence-electron chi connectivity index (χ0n) is 9.96. The molecule has 2 rings (SSSR count). The van der Waals surface area contributed by atoms with Gasteiger partial charge in [-0.15, -0.1) is 0 Å². The second-order valence-electron chi connectivity index (χ2n) is 3.77. The molecule has 0 saturated carbocycles. The summed E-state index contributed by atoms with van der Waals surface area (Å²) in [4.78, 5) is 15.0. The van der Waals surface area contributed by atoms with E-state index in [1.165, 1.54) is 0 Å². The standard InChI is InChI=1S/C14H13NO3/c1-18-12-7-8-15-11(9-13(16)17)14(12)10-5-3-2-4-6-10/h2-8H,9H2,1H3,(H,16,17). The average Bonchev–Trinajstić information content (AvgIpc) is 2.38. The van der Waals surface area contributed by atoms with Crippen molar-refractivity contribution in [3.05, 3.63) is 48.3 Å². The van der Waals surface area contributed by atoms with Crippen LogP contribution in [0.4, 0.5) is 0 Å². The molecule has 0 unspecified atom stereocenters. The highest BCUT2D eigenvalue weighted by Crippen LogP contribution is 2.32. The molecule has 0 aliphatic rings. The van der Waals surface area contributed by atoms with Crippen molar-refractivity contribution in [2.45, 2.75) is 6.42 Å². The molecular weight excluding hydrogens is 230 g/mol. The number of rotatable bonds is 4. The summed E-state index contributed by atoms with van der Waals surface area (Å²) in [6.07, 6.45) is 1.44. The zero-order chi connectivity index (χ0) is 13.0. The highest BCUT2D eigenvalue weighted by Gasteiger charge is 2.14. The summed E-state index contributed by atoms with van der Waals surface area (Å²) in [5.74, 6) is -0.277. The minimum atomic E-state index is -0.909. The van der Waals surface area contributed by atoms with Gasteiger partial charge in [0.1, 0.15) is 5.75 Å². The number of hydrogen-bond donors (Lipinski definition) is 1. The van der Waals surface area contributed by atoms with Crippen molar-refractivity contribution >= 4 is 5.97 Å². The van der Waals surface area contributed by atoms with Crippen molar-refractivity contribution < 1.29 is 14.6 Å². The molecule has 4 nitrogen and oxygen atoms in total. The number of nitrogens with zero attached hydrogens (tertiary/aromatic N) is 1. The van der Waals surface area contributed by atoms with Gasteiger partial charge >= 0.3 is 5.97 Å². The maximum Gasteiger partial charge on any atom is 0.309 e. The first kappa shape index (κ1) is 12.1. The van der Waals surface area contributed by atoms with E-state index in [4.69, 9.17) is 9.84 Å². The molecule has 2 aromatic rings. The van der Waals surface area contributed by atoms with Crippen molar-refractivity contribution in [3.8, 4) is 16.9 Å². The van der Waals surface area contributed by atoms with E-state index in [0.717, 1.165) is 11.1 Å². The normalized spacial score (nSPS) is 10.1. The topological polar surface area (TPSA) is 59.4 Å². The first-order valence-corrected chi connectivity index (χ1v) is 5.51. The number of carboxylic acids is 1. The van der Waals surface area contributed by atoms with Crippen LogP contribution in [0, 0.1) is 0 Å². The number of hydrogen-bond acceptors (Lipinski definition) is 3. The second-order valence-corrected chi connectivity index (χ2v) is 3.77. The van der Waals surface area contributed by atoms with Crippen LogP contribution < -0.4 is 4.74 Å². The van der Waals surface area contributed by atoms with E-state index in [1.54, 1.807) is 19.4 Å². The lowest BCUT2D eigenvalue weighted by Crippen LogP contribution is -2.05. The third kappa shape index (κ3) is 2.48. The quantitative estimate of drug-likeness (QED) is 0.895. The van der Waals surface area contributed by atoms with Crippen molar-refractivity contribution in [1.29, 1.82) is 0 Å². The van der Waals surface area contributed by atoms with Crippen LogP contribution in [0.2, 0.25) is 0 Å². The Morgan fingerprint density at radius 3 is 2.61 bits per heavy atom. The molecule has 0 spiro atoms. The van der Waals surface area contributed by atoms with E-state index in [2.05, 4.69) is 4.98 Å². The van der Waals surface area contributed by atoms with Crippen molar-refractivity contribution in [2.75, 3.05) is 7.11 Å². The van der Waals surface area contributed by atoms with Gasteiger partial charge in [-0.1, -0.05) is 30.3 Å². The van der Waals surface area contributed by atoms with Gasteiger partial charge in [-0.3, -0.25) is 9.78 Å². The van der Waals surface area contributed by atoms with Crippen LogP contribution in [0.5, 0.6) is 5.75 Å². The predicted octanol–water partition coefficient (Wildman–Crippen LogP) is 2.38. The summed E-state index contributed by atoms with van der Waals surface area (Å²) in [7, 11) is 1.56. The fourth-order valence-corrected chi connectivity index (χ4v) is 1.85. The number of carboxylic acid groups (broad SMARTS) is 1. The van der Waals surface area contributed by atoms with Crippen molar-refractivity contribution in [2.24, 2.45) is 0 Å². The maximum atomic E-state index is 10.9. The number of pyridine rings is 1. The van der Waals surface area contributed by atoms with Gasteiger partial charge in [0.15, 0.2) is 0 Å². The van der Waals surface area contributed by atoms with E-state index in [9.17, 15) is 4.79 Å². The first-order chi connectivity index (χ1) is 8.72. The third-order valence-corrected chi connectivity index (χ3v) is 2.59. The molecule has 0 atom stereocenters. The molecule has 1 aromatic carbocycles. The lowest BCUT2D eigenvalue weighted by Gasteiger charge is -2.12. The average molecular weight is 243 g/mol. The lowest BCUT2D eigenvalue weighted by molar-refractivity contribution is -0.136. The van der Waals surface area contributed by atoms with E-state index in [-0.39, 0.29) is 6.42 Å². The Morgan fingerprint density at radius 1 is 1.28 bits per heavy atom. The van der Waals surface area contributed by atoms with Gasteiger partial charge in [0.2, 0.25) is 0 Å². The Labute approximate surface area is 105 Å². The molecular formula is C14H13NO3. The van der Waals surface area contributed by atoms with E-state index < -0.39 is 5.97 Å². The summed E-state index contributed by atoms with van der Waals surface area (Å²) < 4.78 is 5.29. The van der Waals surface area contributed by atoms with Gasteiger partial charge in [0.25, 0.3) is 0 Å². The Morgan fingerprint density at radius 2 is 2.00 bits per heavy atom. The Bertz CT molecular complexity index is 552. The monoisotopic (exact) mass is 243 g/mol. The lowest BCUT2D eigenvalue weighted by atomic mass is 10.0. The Hall–Kier alpha value is -2.36. The fourth-order valence-electron chi connectivity index (χ4n) is 1.85. The molecule has 4 heteroatoms. The molecule has 0 amide bonds. The summed E-state index contributed by atoms with van der Waals surface area (Å²) in [6.45, 7) is 0. The van der Waals surface area contributed by atoms with Gasteiger partial charge in [-0.25, -0.2) is 0 Å². The van der Waals surface area contributed by atoms with E-state index in [1.807, 2.05) is 30.3 Å². The Kier molecular flexibility index (Phi) is 3.57. The molecule has 0 aliphatic heterocycles. The molecule has 92 valence electrons. The first-order valence-electron chi connectivity index (χ1n) is 5.51. The smallest absolute Gasteiger partial charge is 0.309 e. The van der Waals surface area contributed by atoms with Crippen LogP contribution in [-0.4, -0.2) is 23.2 Å². The zero-order valence-corrected chi connectivity index (χ0v) is 9.96. The van der Waals surface area contributed by atoms with Crippen LogP contribution in [0.1, 0.15) is 5.69 Å². The molecule has 0 bridgehead atoms. The summed E-state index contributed by atoms with van der Waals surface area (Å²) in [5.41, 5.74) is 2.15. The summed E-state index contributed by atoms with van der Waals surface area (Å²) >= 11 is 0. The third-order valence-electron chi connectivity index (χ3n) is 2.59. The number of aliphatic carboxylic acids is 1. The number of ether oxygens (including phenoxy) is 1.